The number of nitrogens with zero attached hydrogens (tertiary/aromatic N) is 2. The summed E-state index contributed by atoms with van der Waals surface area (Å²) in [7, 11) is -4.26. The molecule has 0 spiro atoms. The monoisotopic (exact) mass is 448 g/mol. The van der Waals surface area contributed by atoms with Crippen molar-refractivity contribution in [2.75, 3.05) is 10.1 Å². The van der Waals surface area contributed by atoms with E-state index >= 15 is 0 Å². The Morgan fingerprint density at radius 3 is 2.50 bits per heavy atom. The maximum atomic E-state index is 13.3. The largest absolute Gasteiger partial charge is 0.278 e. The van der Waals surface area contributed by atoms with E-state index in [1.807, 2.05) is 0 Å². The summed E-state index contributed by atoms with van der Waals surface area (Å²) in [6.45, 7) is 0. The topological polar surface area (TPSA) is 114 Å². The number of sulfonamides is 1. The lowest BCUT2D eigenvalue weighted by Gasteiger charge is -2.12. The number of rotatable bonds is 7. The van der Waals surface area contributed by atoms with E-state index in [2.05, 4.69) is 15.2 Å². The second-order valence-corrected chi connectivity index (χ2v) is 8.01. The Labute approximate surface area is 176 Å². The molecule has 0 aliphatic carbocycles. The number of nitrogens with one attached hydrogen (secondary N) is 2. The van der Waals surface area contributed by atoms with Crippen LogP contribution in [0, 0.1) is 15.9 Å². The van der Waals surface area contributed by atoms with Gasteiger partial charge in [-0.2, -0.15) is 5.10 Å². The lowest BCUT2D eigenvalue weighted by atomic mass is 10.2. The minimum atomic E-state index is -4.26. The fourth-order valence-electron chi connectivity index (χ4n) is 2.45. The first-order chi connectivity index (χ1) is 14.3. The van der Waals surface area contributed by atoms with Crippen LogP contribution in [0.25, 0.3) is 0 Å². The van der Waals surface area contributed by atoms with Gasteiger partial charge in [0.2, 0.25) is 0 Å². The third-order valence-corrected chi connectivity index (χ3v) is 5.57. The van der Waals surface area contributed by atoms with Crippen molar-refractivity contribution in [3.63, 3.8) is 0 Å². The van der Waals surface area contributed by atoms with Gasteiger partial charge in [-0.25, -0.2) is 12.8 Å². The summed E-state index contributed by atoms with van der Waals surface area (Å²) >= 11 is 6.00. The molecule has 3 aromatic rings. The van der Waals surface area contributed by atoms with Crippen LogP contribution in [0.15, 0.2) is 76.7 Å². The van der Waals surface area contributed by atoms with Crippen LogP contribution in [0.5, 0.6) is 0 Å². The second-order valence-electron chi connectivity index (χ2n) is 5.95. The number of nitro benzene ring substituents is 1. The van der Waals surface area contributed by atoms with Gasteiger partial charge in [-0.15, -0.1) is 0 Å². The van der Waals surface area contributed by atoms with Crippen molar-refractivity contribution in [3.8, 4) is 0 Å². The van der Waals surface area contributed by atoms with Crippen LogP contribution in [0.4, 0.5) is 21.5 Å². The van der Waals surface area contributed by atoms with E-state index in [9.17, 15) is 22.9 Å². The number of nitro groups is 1. The fraction of sp³-hybridized carbons (Fsp3) is 0. The van der Waals surface area contributed by atoms with Gasteiger partial charge >= 0.3 is 0 Å². The zero-order chi connectivity index (χ0) is 21.7. The van der Waals surface area contributed by atoms with Crippen LogP contribution < -0.4 is 10.1 Å². The van der Waals surface area contributed by atoms with Crippen LogP contribution in [-0.2, 0) is 10.0 Å². The molecule has 0 aliphatic heterocycles. The maximum absolute atomic E-state index is 13.3. The quantitative estimate of drug-likeness (QED) is 0.310. The molecule has 8 nitrogen and oxygen atoms in total. The van der Waals surface area contributed by atoms with Crippen LogP contribution in [0.3, 0.4) is 0 Å². The molecule has 30 heavy (non-hydrogen) atoms. The summed E-state index contributed by atoms with van der Waals surface area (Å²) in [5.41, 5.74) is 2.63. The molecule has 0 atom stereocenters. The molecular formula is C19H14ClFN4O4S. The molecule has 11 heteroatoms. The van der Waals surface area contributed by atoms with Crippen LogP contribution in [0.1, 0.15) is 5.56 Å². The first kappa shape index (κ1) is 21.2. The first-order valence-corrected chi connectivity index (χ1v) is 10.2. The highest BCUT2D eigenvalue weighted by Gasteiger charge is 2.23. The third-order valence-electron chi connectivity index (χ3n) is 3.83. The van der Waals surface area contributed by atoms with Crippen molar-refractivity contribution in [1.29, 1.82) is 0 Å². The number of anilines is 2. The highest BCUT2D eigenvalue weighted by Crippen LogP contribution is 2.30. The highest BCUT2D eigenvalue weighted by molar-refractivity contribution is 7.93. The van der Waals surface area contributed by atoms with Gasteiger partial charge in [-0.3, -0.25) is 20.3 Å². The molecular weight excluding hydrogens is 435 g/mol. The van der Waals surface area contributed by atoms with Gasteiger partial charge in [-0.1, -0.05) is 35.9 Å². The second kappa shape index (κ2) is 8.89. The lowest BCUT2D eigenvalue weighted by Crippen LogP contribution is -2.15. The van der Waals surface area contributed by atoms with E-state index < -0.39 is 31.3 Å². The summed E-state index contributed by atoms with van der Waals surface area (Å²) in [6, 6.07) is 15.0. The summed E-state index contributed by atoms with van der Waals surface area (Å²) in [4.78, 5) is 10.00. The smallest absolute Gasteiger partial charge is 0.270 e. The molecule has 0 saturated heterocycles. The minimum absolute atomic E-state index is 0.0205. The number of benzene rings is 3. The van der Waals surface area contributed by atoms with Crippen molar-refractivity contribution in [2.45, 2.75) is 4.90 Å². The van der Waals surface area contributed by atoms with Crippen molar-refractivity contribution in [1.82, 2.24) is 0 Å². The Hall–Kier alpha value is -3.50. The summed E-state index contributed by atoms with van der Waals surface area (Å²) in [5.74, 6) is -0.457. The van der Waals surface area contributed by atoms with E-state index in [1.165, 1.54) is 42.6 Å². The number of para-hydroxylation sites is 1. The average Bonchev–Trinajstić information content (AvgIpc) is 2.69. The number of halogens is 2. The molecule has 0 radical (unpaired) electrons. The van der Waals surface area contributed by atoms with Gasteiger partial charge in [0.25, 0.3) is 15.7 Å². The molecule has 3 aromatic carbocycles. The summed E-state index contributed by atoms with van der Waals surface area (Å²) in [6.07, 6.45) is 1.28. The van der Waals surface area contributed by atoms with E-state index in [4.69, 9.17) is 11.6 Å². The Balaban J connectivity index is 1.96. The van der Waals surface area contributed by atoms with Crippen molar-refractivity contribution in [2.24, 2.45) is 5.10 Å². The molecule has 0 saturated carbocycles. The fourth-order valence-corrected chi connectivity index (χ4v) is 3.94. The highest BCUT2D eigenvalue weighted by atomic mass is 35.5. The molecule has 0 amide bonds. The number of hydrogen-bond acceptors (Lipinski definition) is 6. The zero-order valence-electron chi connectivity index (χ0n) is 15.1. The van der Waals surface area contributed by atoms with E-state index in [0.29, 0.717) is 5.56 Å². The predicted octanol–water partition coefficient (Wildman–Crippen LogP) is 4.63. The molecule has 0 aliphatic rings. The van der Waals surface area contributed by atoms with Gasteiger partial charge in [-0.05, 0) is 35.9 Å². The zero-order valence-corrected chi connectivity index (χ0v) is 16.7. The third kappa shape index (κ3) is 5.10. The van der Waals surface area contributed by atoms with Gasteiger partial charge in [0.05, 0.1) is 27.5 Å². The van der Waals surface area contributed by atoms with Gasteiger partial charge < -0.3 is 0 Å². The minimum Gasteiger partial charge on any atom is -0.278 e. The van der Waals surface area contributed by atoms with E-state index in [1.54, 1.807) is 18.2 Å². The molecule has 0 unspecified atom stereocenters. The molecule has 0 heterocycles. The van der Waals surface area contributed by atoms with Crippen LogP contribution >= 0.6 is 11.6 Å². The summed E-state index contributed by atoms with van der Waals surface area (Å²) in [5, 5.41) is 15.2. The van der Waals surface area contributed by atoms with Crippen molar-refractivity contribution >= 4 is 44.9 Å². The molecule has 0 aromatic heterocycles. The number of hydrogen-bond donors (Lipinski definition) is 2. The Kier molecular flexibility index (Phi) is 6.28. The predicted molar refractivity (Wildman–Crippen MR) is 113 cm³/mol. The molecule has 3 rings (SSSR count). The number of hydrazone groups is 1. The first-order valence-electron chi connectivity index (χ1n) is 8.37. The SMILES string of the molecule is O=[N+]([O-])c1ccc(N/N=C\c2cccc(F)c2)c(S(=O)(=O)Nc2ccccc2Cl)c1. The lowest BCUT2D eigenvalue weighted by molar-refractivity contribution is -0.385. The van der Waals surface area contributed by atoms with Crippen molar-refractivity contribution in [3.05, 3.63) is 93.2 Å². The van der Waals surface area contributed by atoms with Gasteiger partial charge in [0.1, 0.15) is 10.7 Å². The molecule has 2 N–H and O–H groups in total. The van der Waals surface area contributed by atoms with Crippen LogP contribution in [-0.4, -0.2) is 19.6 Å². The molecule has 154 valence electrons. The van der Waals surface area contributed by atoms with E-state index in [0.717, 1.165) is 12.1 Å². The van der Waals surface area contributed by atoms with Gasteiger partial charge in [0, 0.05) is 12.1 Å². The maximum Gasteiger partial charge on any atom is 0.270 e. The molecule has 0 bridgehead atoms. The van der Waals surface area contributed by atoms with Gasteiger partial charge in [0.15, 0.2) is 0 Å². The average molecular weight is 449 g/mol. The molecule has 0 fully saturated rings. The normalized spacial score (nSPS) is 11.4. The number of non-ortho nitro benzene ring substituents is 1. The van der Waals surface area contributed by atoms with E-state index in [-0.39, 0.29) is 16.4 Å². The summed E-state index contributed by atoms with van der Waals surface area (Å²) < 4.78 is 41.3. The Morgan fingerprint density at radius 2 is 1.80 bits per heavy atom. The standard InChI is InChI=1S/C19H14ClFN4O4S/c20-16-6-1-2-7-17(16)24-30(28,29)19-11-15(25(26)27)8-9-18(19)23-22-12-13-4-3-5-14(21)10-13/h1-12,23-24H/b22-12-. The Bertz CT molecular complexity index is 1230. The van der Waals surface area contributed by atoms with Crippen LogP contribution in [0.2, 0.25) is 5.02 Å². The van der Waals surface area contributed by atoms with Crippen molar-refractivity contribution < 1.29 is 17.7 Å². The Morgan fingerprint density at radius 1 is 1.03 bits per heavy atom.